The minimum Gasteiger partial charge on any atom is -0.330 e. The Balaban J connectivity index is 1.76. The van der Waals surface area contributed by atoms with Gasteiger partial charge in [0, 0.05) is 24.5 Å². The van der Waals surface area contributed by atoms with Crippen molar-refractivity contribution < 1.29 is 18.0 Å². The number of hydrogen-bond donors (Lipinski definition) is 1. The minimum absolute atomic E-state index is 0.128. The molecule has 0 spiro atoms. The summed E-state index contributed by atoms with van der Waals surface area (Å²) in [5.74, 6) is -0.201. The second-order valence-corrected chi connectivity index (χ2v) is 6.63. The zero-order chi connectivity index (χ0) is 17.3. The maximum Gasteiger partial charge on any atom is 0.416 e. The van der Waals surface area contributed by atoms with Crippen LogP contribution in [-0.2, 0) is 19.3 Å². The fraction of sp³-hybridized carbons (Fsp3) is 0.375. The summed E-state index contributed by atoms with van der Waals surface area (Å²) < 4.78 is 37.9. The SMILES string of the molecule is NCc1nc(C(=O)N(Cc2ccc(C(F)(F)F)cc2)C2CC2)cs1. The largest absolute Gasteiger partial charge is 0.416 e. The van der Waals surface area contributed by atoms with Gasteiger partial charge in [0.15, 0.2) is 0 Å². The Morgan fingerprint density at radius 3 is 2.46 bits per heavy atom. The van der Waals surface area contributed by atoms with E-state index in [0.29, 0.717) is 16.3 Å². The first-order valence-corrected chi connectivity index (χ1v) is 8.38. The van der Waals surface area contributed by atoms with Crippen molar-refractivity contribution in [1.29, 1.82) is 0 Å². The van der Waals surface area contributed by atoms with Crippen LogP contribution in [0.3, 0.4) is 0 Å². The number of hydrogen-bond acceptors (Lipinski definition) is 4. The summed E-state index contributed by atoms with van der Waals surface area (Å²) in [6, 6.07) is 5.04. The molecule has 24 heavy (non-hydrogen) atoms. The van der Waals surface area contributed by atoms with Gasteiger partial charge in [0.1, 0.15) is 10.7 Å². The van der Waals surface area contributed by atoms with Gasteiger partial charge in [0.05, 0.1) is 5.56 Å². The third kappa shape index (κ3) is 3.76. The van der Waals surface area contributed by atoms with Crippen LogP contribution in [0.5, 0.6) is 0 Å². The van der Waals surface area contributed by atoms with Gasteiger partial charge in [-0.25, -0.2) is 4.98 Å². The molecule has 2 aromatic rings. The van der Waals surface area contributed by atoms with Crippen molar-refractivity contribution in [1.82, 2.24) is 9.88 Å². The Bertz CT molecular complexity index is 723. The van der Waals surface area contributed by atoms with Gasteiger partial charge in [0.25, 0.3) is 5.91 Å². The lowest BCUT2D eigenvalue weighted by Gasteiger charge is -2.22. The first kappa shape index (κ1) is 16.9. The third-order valence-electron chi connectivity index (χ3n) is 3.83. The fourth-order valence-electron chi connectivity index (χ4n) is 2.40. The predicted octanol–water partition coefficient (Wildman–Crippen LogP) is 3.43. The van der Waals surface area contributed by atoms with Gasteiger partial charge in [-0.15, -0.1) is 11.3 Å². The standard InChI is InChI=1S/C16H16F3N3OS/c17-16(18,19)11-3-1-10(2-4-11)8-22(12-5-6-12)15(23)13-9-24-14(7-20)21-13/h1-4,9,12H,5-8,20H2. The van der Waals surface area contributed by atoms with Crippen LogP contribution in [0.25, 0.3) is 0 Å². The van der Waals surface area contributed by atoms with Crippen molar-refractivity contribution in [2.24, 2.45) is 5.73 Å². The molecule has 0 saturated heterocycles. The van der Waals surface area contributed by atoms with Gasteiger partial charge in [-0.3, -0.25) is 4.79 Å². The van der Waals surface area contributed by atoms with Crippen LogP contribution in [0.1, 0.15) is 39.5 Å². The number of amides is 1. The van der Waals surface area contributed by atoms with E-state index in [9.17, 15) is 18.0 Å². The van der Waals surface area contributed by atoms with Crippen molar-refractivity contribution >= 4 is 17.2 Å². The molecule has 1 heterocycles. The van der Waals surface area contributed by atoms with E-state index in [1.807, 2.05) is 0 Å². The van der Waals surface area contributed by atoms with Gasteiger partial charge in [-0.1, -0.05) is 12.1 Å². The van der Waals surface area contributed by atoms with E-state index in [-0.39, 0.29) is 25.0 Å². The summed E-state index contributed by atoms with van der Waals surface area (Å²) in [5, 5.41) is 2.36. The van der Waals surface area contributed by atoms with E-state index >= 15 is 0 Å². The number of rotatable bonds is 5. The molecule has 3 rings (SSSR count). The van der Waals surface area contributed by atoms with E-state index in [0.717, 1.165) is 25.0 Å². The smallest absolute Gasteiger partial charge is 0.330 e. The van der Waals surface area contributed by atoms with Crippen LogP contribution in [0.4, 0.5) is 13.2 Å². The maximum absolute atomic E-state index is 12.6. The lowest BCUT2D eigenvalue weighted by molar-refractivity contribution is -0.137. The van der Waals surface area contributed by atoms with Crippen molar-refractivity contribution in [3.05, 3.63) is 51.5 Å². The molecule has 1 aromatic heterocycles. The molecular weight excluding hydrogens is 339 g/mol. The quantitative estimate of drug-likeness (QED) is 0.894. The molecule has 1 amide bonds. The molecule has 0 unspecified atom stereocenters. The summed E-state index contributed by atoms with van der Waals surface area (Å²) in [6.45, 7) is 0.553. The molecule has 8 heteroatoms. The predicted molar refractivity (Wildman–Crippen MR) is 84.3 cm³/mol. The van der Waals surface area contributed by atoms with E-state index in [4.69, 9.17) is 5.73 Å². The number of halogens is 3. The Labute approximate surface area is 141 Å². The zero-order valence-electron chi connectivity index (χ0n) is 12.7. The average molecular weight is 355 g/mol. The lowest BCUT2D eigenvalue weighted by atomic mass is 10.1. The highest BCUT2D eigenvalue weighted by Crippen LogP contribution is 2.32. The number of carbonyl (C=O) groups excluding carboxylic acids is 1. The average Bonchev–Trinajstić information content (AvgIpc) is 3.28. The lowest BCUT2D eigenvalue weighted by Crippen LogP contribution is -2.32. The minimum atomic E-state index is -4.36. The molecule has 1 aliphatic carbocycles. The molecule has 1 fully saturated rings. The summed E-state index contributed by atoms with van der Waals surface area (Å²) in [5.41, 5.74) is 5.83. The molecule has 0 atom stereocenters. The van der Waals surface area contributed by atoms with E-state index in [1.165, 1.54) is 23.5 Å². The molecule has 1 aromatic carbocycles. The first-order chi connectivity index (χ1) is 11.4. The third-order valence-corrected chi connectivity index (χ3v) is 4.70. The summed E-state index contributed by atoms with van der Waals surface area (Å²) >= 11 is 1.33. The van der Waals surface area contributed by atoms with Crippen molar-refractivity contribution in [2.75, 3.05) is 0 Å². The summed E-state index contributed by atoms with van der Waals surface area (Å²) in [6.07, 6.45) is -2.55. The van der Waals surface area contributed by atoms with Crippen molar-refractivity contribution in [3.8, 4) is 0 Å². The number of carbonyl (C=O) groups is 1. The Morgan fingerprint density at radius 1 is 1.29 bits per heavy atom. The maximum atomic E-state index is 12.6. The van der Waals surface area contributed by atoms with Gasteiger partial charge < -0.3 is 10.6 Å². The molecule has 1 aliphatic rings. The number of benzene rings is 1. The van der Waals surface area contributed by atoms with Crippen molar-refractivity contribution in [2.45, 2.75) is 38.1 Å². The summed E-state index contributed by atoms with van der Waals surface area (Å²) in [7, 11) is 0. The normalized spacial score (nSPS) is 14.7. The molecule has 128 valence electrons. The van der Waals surface area contributed by atoms with Gasteiger partial charge >= 0.3 is 6.18 Å². The van der Waals surface area contributed by atoms with Gasteiger partial charge in [-0.05, 0) is 30.5 Å². The van der Waals surface area contributed by atoms with Crippen LogP contribution in [0.2, 0.25) is 0 Å². The first-order valence-electron chi connectivity index (χ1n) is 7.50. The highest BCUT2D eigenvalue weighted by molar-refractivity contribution is 7.09. The van der Waals surface area contributed by atoms with Crippen molar-refractivity contribution in [3.63, 3.8) is 0 Å². The molecular formula is C16H16F3N3OS. The van der Waals surface area contributed by atoms with E-state index in [1.54, 1.807) is 10.3 Å². The highest BCUT2D eigenvalue weighted by atomic mass is 32.1. The molecule has 0 bridgehead atoms. The molecule has 4 nitrogen and oxygen atoms in total. The number of aromatic nitrogens is 1. The van der Waals surface area contributed by atoms with Crippen LogP contribution in [-0.4, -0.2) is 21.8 Å². The van der Waals surface area contributed by atoms with Gasteiger partial charge in [-0.2, -0.15) is 13.2 Å². The second kappa shape index (κ2) is 6.52. The Morgan fingerprint density at radius 2 is 1.96 bits per heavy atom. The number of alkyl halides is 3. The monoisotopic (exact) mass is 355 g/mol. The second-order valence-electron chi connectivity index (χ2n) is 5.69. The van der Waals surface area contributed by atoms with Crippen LogP contribution >= 0.6 is 11.3 Å². The number of thiazole rings is 1. The van der Waals surface area contributed by atoms with E-state index in [2.05, 4.69) is 4.98 Å². The molecule has 2 N–H and O–H groups in total. The van der Waals surface area contributed by atoms with E-state index < -0.39 is 11.7 Å². The number of nitrogens with zero attached hydrogens (tertiary/aromatic N) is 2. The Hall–Kier alpha value is -1.93. The summed E-state index contributed by atoms with van der Waals surface area (Å²) in [4.78, 5) is 18.5. The van der Waals surface area contributed by atoms with Crippen LogP contribution in [0, 0.1) is 0 Å². The van der Waals surface area contributed by atoms with Crippen LogP contribution in [0.15, 0.2) is 29.6 Å². The Kier molecular flexibility index (Phi) is 4.60. The van der Waals surface area contributed by atoms with Gasteiger partial charge in [0.2, 0.25) is 0 Å². The number of nitrogens with two attached hydrogens (primary N) is 1. The molecule has 0 radical (unpaired) electrons. The fourth-order valence-corrected chi connectivity index (χ4v) is 3.05. The topological polar surface area (TPSA) is 59.2 Å². The van der Waals surface area contributed by atoms with Crippen LogP contribution < -0.4 is 5.73 Å². The highest BCUT2D eigenvalue weighted by Gasteiger charge is 2.34. The molecule has 0 aliphatic heterocycles. The zero-order valence-corrected chi connectivity index (χ0v) is 13.5. The molecule has 1 saturated carbocycles.